The van der Waals surface area contributed by atoms with Gasteiger partial charge in [0.1, 0.15) is 36.7 Å². The minimum atomic E-state index is -1.43. The summed E-state index contributed by atoms with van der Waals surface area (Å²) >= 11 is 2.48. The maximum absolute atomic E-state index is 14.1. The summed E-state index contributed by atoms with van der Waals surface area (Å²) in [5.74, 6) is 0.571. The first-order chi connectivity index (χ1) is 65.8. The van der Waals surface area contributed by atoms with E-state index >= 15 is 0 Å². The second kappa shape index (κ2) is 46.5. The van der Waals surface area contributed by atoms with Crippen molar-refractivity contribution in [3.63, 3.8) is 0 Å². The number of fused-ring (bicyclic) bond motifs is 2. The lowest BCUT2D eigenvalue weighted by molar-refractivity contribution is -0.138. The van der Waals surface area contributed by atoms with Crippen LogP contribution >= 0.6 is 23.5 Å². The SMILES string of the molecule is COc1ccc(C#CCNC2(C)CCN(C3CCN(c4nc([C@@](COCNC(=O)CNC(=O)[C@H](Cc5ccccc5)NC(=O)CNC(=O)CNC(=O)CCOCCOCCN5C(=O)C(Sc6ccccc6)=C(Sc6ccccc6)C5=O)(OC5CC5)c5ccccc5)c5cc(-c6cn(C)c(=O)c7[nH]ccc67)ccc5n4)CC3)CC2)cc1N1CCC(=O)N(CNC(=O)[C@H](CC(N)=O)NC(C)=O)C1=O. The predicted molar refractivity (Wildman–Crippen MR) is 509 cm³/mol. The Morgan fingerprint density at radius 1 is 0.647 bits per heavy atom. The summed E-state index contributed by atoms with van der Waals surface area (Å²) in [7, 11) is 3.17. The summed E-state index contributed by atoms with van der Waals surface area (Å²) < 4.78 is 32.4. The number of imide groups is 2. The molecule has 3 atom stereocenters. The van der Waals surface area contributed by atoms with Gasteiger partial charge in [-0.3, -0.25) is 67.3 Å². The Balaban J connectivity index is 0.565. The summed E-state index contributed by atoms with van der Waals surface area (Å²) in [5.41, 5.74) is 9.04. The second-order valence-electron chi connectivity index (χ2n) is 33.7. The molecule has 136 heavy (non-hydrogen) atoms. The number of ether oxygens (including phenoxy) is 5. The lowest BCUT2D eigenvalue weighted by Crippen LogP contribution is -2.57. The van der Waals surface area contributed by atoms with Gasteiger partial charge in [-0.1, -0.05) is 138 Å². The van der Waals surface area contributed by atoms with Gasteiger partial charge in [0.2, 0.25) is 59.1 Å². The highest BCUT2D eigenvalue weighted by Crippen LogP contribution is 2.46. The Bertz CT molecular complexity index is 5960. The number of rotatable bonds is 44. The van der Waals surface area contributed by atoms with Gasteiger partial charge in [0.15, 0.2) is 5.60 Å². The van der Waals surface area contributed by atoms with Gasteiger partial charge in [0, 0.05) is 122 Å². The first-order valence-corrected chi connectivity index (χ1v) is 46.7. The van der Waals surface area contributed by atoms with Crippen molar-refractivity contribution in [1.29, 1.82) is 0 Å². The molecule has 3 aromatic heterocycles. The van der Waals surface area contributed by atoms with Crippen LogP contribution in [-0.4, -0.2) is 254 Å². The van der Waals surface area contributed by atoms with Gasteiger partial charge in [-0.2, -0.15) is 0 Å². The number of carbonyl (C=O) groups is 12. The number of methoxy groups -OCH3 is 1. The molecular weight excluding hydrogens is 1780 g/mol. The second-order valence-corrected chi connectivity index (χ2v) is 35.9. The van der Waals surface area contributed by atoms with Crippen molar-refractivity contribution in [1.82, 2.24) is 76.8 Å². The molecule has 6 aromatic carbocycles. The monoisotopic (exact) mass is 1890 g/mol. The number of hydrogen-bond donors (Lipinski definition) is 10. The lowest BCUT2D eigenvalue weighted by Gasteiger charge is -2.45. The number of H-pyrrole nitrogens is 1. The molecule has 4 fully saturated rings. The number of aromatic amines is 1. The van der Waals surface area contributed by atoms with E-state index in [1.54, 1.807) is 66.3 Å². The van der Waals surface area contributed by atoms with Crippen LogP contribution in [0.1, 0.15) is 94.0 Å². The van der Waals surface area contributed by atoms with Crippen LogP contribution in [0.15, 0.2) is 201 Å². The number of aromatic nitrogens is 4. The number of aryl methyl sites for hydroxylation is 1. The molecule has 7 heterocycles. The largest absolute Gasteiger partial charge is 0.495 e. The van der Waals surface area contributed by atoms with Gasteiger partial charge in [-0.25, -0.2) is 19.7 Å². The zero-order valence-corrected chi connectivity index (χ0v) is 77.6. The molecule has 4 aliphatic heterocycles. The van der Waals surface area contributed by atoms with E-state index in [-0.39, 0.29) is 95.4 Å². The van der Waals surface area contributed by atoms with Crippen molar-refractivity contribution < 1.29 is 81.2 Å². The number of urea groups is 1. The highest BCUT2D eigenvalue weighted by Gasteiger charge is 2.46. The van der Waals surface area contributed by atoms with Gasteiger partial charge in [0.05, 0.1) is 112 Å². The van der Waals surface area contributed by atoms with Crippen molar-refractivity contribution in [3.8, 4) is 28.7 Å². The highest BCUT2D eigenvalue weighted by molar-refractivity contribution is 8.08. The fraction of sp³-hybridized carbons (Fsp3) is 0.378. The molecule has 0 bridgehead atoms. The number of amides is 13. The zero-order chi connectivity index (χ0) is 95.8. The van der Waals surface area contributed by atoms with Crippen LogP contribution in [-0.2, 0) is 90.8 Å². The number of nitrogens with one attached hydrogen (secondary N) is 9. The molecule has 11 N–H and O–H groups in total. The molecule has 14 rings (SSSR count). The molecule has 712 valence electrons. The van der Waals surface area contributed by atoms with Crippen LogP contribution in [0, 0.1) is 11.8 Å². The lowest BCUT2D eigenvalue weighted by atomic mass is 9.87. The molecule has 3 saturated heterocycles. The Hall–Kier alpha value is -13.7. The molecule has 13 amide bonds. The van der Waals surface area contributed by atoms with Gasteiger partial charge < -0.3 is 91.3 Å². The van der Waals surface area contributed by atoms with E-state index in [0.29, 0.717) is 80.1 Å². The molecule has 36 nitrogen and oxygen atoms in total. The fourth-order valence-corrected chi connectivity index (χ4v) is 18.6. The minimum absolute atomic E-state index is 0.00676. The number of pyridine rings is 1. The third-order valence-corrected chi connectivity index (χ3v) is 26.3. The van der Waals surface area contributed by atoms with E-state index in [0.717, 1.165) is 88.4 Å². The minimum Gasteiger partial charge on any atom is -0.495 e. The van der Waals surface area contributed by atoms with E-state index in [1.165, 1.54) is 47.4 Å². The first-order valence-electron chi connectivity index (χ1n) is 45.1. The number of nitrogens with zero attached hydrogens (tertiary/aromatic N) is 8. The molecule has 38 heteroatoms. The maximum atomic E-state index is 14.1. The predicted octanol–water partition coefficient (Wildman–Crippen LogP) is 5.74. The molecule has 0 spiro atoms. The van der Waals surface area contributed by atoms with Crippen molar-refractivity contribution in [2.24, 2.45) is 12.8 Å². The Morgan fingerprint density at radius 3 is 1.96 bits per heavy atom. The molecule has 5 aliphatic rings. The molecule has 0 unspecified atom stereocenters. The zero-order valence-electron chi connectivity index (χ0n) is 76.0. The molecular formula is C98H110N18O18S2. The number of likely N-dealkylation sites (tertiary alicyclic amines) is 1. The van der Waals surface area contributed by atoms with E-state index in [9.17, 15) is 62.3 Å². The van der Waals surface area contributed by atoms with Crippen LogP contribution in [0.4, 0.5) is 16.4 Å². The summed E-state index contributed by atoms with van der Waals surface area (Å²) in [4.78, 5) is 196. The third kappa shape index (κ3) is 25.7. The van der Waals surface area contributed by atoms with Crippen LogP contribution in [0.25, 0.3) is 32.9 Å². The van der Waals surface area contributed by atoms with Crippen LogP contribution in [0.5, 0.6) is 5.75 Å². The molecule has 0 radical (unpaired) electrons. The van der Waals surface area contributed by atoms with Crippen molar-refractivity contribution >= 4 is 128 Å². The number of primary amides is 1. The summed E-state index contributed by atoms with van der Waals surface area (Å²) in [6, 6.07) is 47.4. The number of nitrogens with two attached hydrogens (primary N) is 1. The Labute approximate surface area is 793 Å². The standard InChI is InChI=1S/C98H110N18O18S2/c1-63(117)107-77(55-80(99)118)91(125)104-61-116-85(123)36-44-114(96(116)129)78-53-65(27-32-79(78)130-4)20-17-40-106-97(2)38-45-112(46-39-97)68-34-42-113(43-35-68)95-109-75-31-28-66(74-59-111(3)92(126)86-72(74)33-41-100-86)54-73(75)89(110-95)98(134-69-29-30-69,67-21-11-6-12-22-67)60-133-62-105-83(121)57-103-90(124)76(52-64-18-9-5-10-19-64)108-84(122)58-102-82(120)56-101-81(119)37-48-131-50-51-132-49-47-115-93(127)87(135-70-23-13-7-14-24-70)88(94(115)128)136-71-25-15-8-16-26-71/h5-16,18-19,21-28,31-33,41,53-54,59,68-69,76-77,100,106H,29-30,34-40,42-52,55-58,60-62H2,1-4H3,(H2,99,118)(H,101,119)(H,102,120)(H,103,124)(H,104,125)(H,105,121)(H,107,117)(H,108,122)/t76-,77-,98-/m0/s1. The highest BCUT2D eigenvalue weighted by atomic mass is 32.2. The topological polar surface area (TPSA) is 453 Å². The average Bonchev–Trinajstić information content (AvgIpc) is 1.20. The fourth-order valence-electron chi connectivity index (χ4n) is 16.5. The average molecular weight is 1890 g/mol. The number of piperidine rings is 2. The smallest absolute Gasteiger partial charge is 0.332 e. The Morgan fingerprint density at radius 2 is 1.29 bits per heavy atom. The number of anilines is 2. The summed E-state index contributed by atoms with van der Waals surface area (Å²) in [6.45, 7) is 4.50. The van der Waals surface area contributed by atoms with Gasteiger partial charge >= 0.3 is 6.03 Å². The van der Waals surface area contributed by atoms with Crippen molar-refractivity contribution in [3.05, 3.63) is 219 Å². The van der Waals surface area contributed by atoms with Crippen LogP contribution in [0.2, 0.25) is 0 Å². The maximum Gasteiger partial charge on any atom is 0.332 e. The van der Waals surface area contributed by atoms with Crippen LogP contribution in [0.3, 0.4) is 0 Å². The summed E-state index contributed by atoms with van der Waals surface area (Å²) in [5, 5.41) is 23.0. The van der Waals surface area contributed by atoms with Crippen LogP contribution < -0.4 is 68.4 Å². The summed E-state index contributed by atoms with van der Waals surface area (Å²) in [6.07, 6.45) is 7.62. The molecule has 1 saturated carbocycles. The van der Waals surface area contributed by atoms with E-state index in [4.69, 9.17) is 39.4 Å². The number of hydrogen-bond acceptors (Lipinski definition) is 25. The van der Waals surface area contributed by atoms with Gasteiger partial charge in [-0.15, -0.1) is 0 Å². The molecule has 1 aliphatic carbocycles. The van der Waals surface area contributed by atoms with Gasteiger partial charge in [0.25, 0.3) is 17.4 Å². The van der Waals surface area contributed by atoms with E-state index < -0.39 is 121 Å². The van der Waals surface area contributed by atoms with Crippen molar-refractivity contribution in [2.45, 2.75) is 123 Å². The Kier molecular flexibility index (Phi) is 33.7. The third-order valence-electron chi connectivity index (χ3n) is 23.9. The number of benzene rings is 6. The molecule has 9 aromatic rings. The van der Waals surface area contributed by atoms with Crippen molar-refractivity contribution in [2.75, 3.05) is 129 Å². The normalized spacial score (nSPS) is 16.1. The number of thioether (sulfide) groups is 2. The van der Waals surface area contributed by atoms with E-state index in [1.807, 2.05) is 121 Å². The quantitative estimate of drug-likeness (QED) is 0.00941. The van der Waals surface area contributed by atoms with E-state index in [2.05, 4.69) is 76.1 Å². The first kappa shape index (κ1) is 98.3. The number of carbonyl (C=O) groups excluding carboxylic acids is 12. The van der Waals surface area contributed by atoms with Gasteiger partial charge in [-0.05, 0) is 123 Å².